The molecule has 0 heterocycles. The third kappa shape index (κ3) is 4.07. The van der Waals surface area contributed by atoms with Gasteiger partial charge in [-0.1, -0.05) is 13.8 Å². The maximum atomic E-state index is 10.8. The molecule has 0 rings (SSSR count). The molecule has 0 aromatic heterocycles. The lowest BCUT2D eigenvalue weighted by atomic mass is 9.83. The molecule has 0 radical (unpaired) electrons. The number of hydrogen-bond acceptors (Lipinski definition) is 4. The van der Waals surface area contributed by atoms with Gasteiger partial charge in [0.05, 0.1) is 13.7 Å². The van der Waals surface area contributed by atoms with Gasteiger partial charge in [-0.3, -0.25) is 4.79 Å². The van der Waals surface area contributed by atoms with Crippen molar-refractivity contribution in [2.75, 3.05) is 26.8 Å². The van der Waals surface area contributed by atoms with Crippen LogP contribution in [0.1, 0.15) is 26.7 Å². The number of nitrogens with one attached hydrogen (secondary N) is 1. The zero-order valence-corrected chi connectivity index (χ0v) is 9.30. The average molecular weight is 203 g/mol. The SMILES string of the molecule is CCC(CC)(CO)CNCC(=O)OC. The normalized spacial score (nSPS) is 11.4. The van der Waals surface area contributed by atoms with Gasteiger partial charge in [0.15, 0.2) is 0 Å². The number of aliphatic hydroxyl groups is 1. The maximum absolute atomic E-state index is 10.8. The number of rotatable bonds is 7. The molecule has 0 spiro atoms. The molecule has 0 saturated heterocycles. The topological polar surface area (TPSA) is 58.6 Å². The lowest BCUT2D eigenvalue weighted by Crippen LogP contribution is -2.38. The van der Waals surface area contributed by atoms with Crippen molar-refractivity contribution < 1.29 is 14.6 Å². The molecule has 14 heavy (non-hydrogen) atoms. The van der Waals surface area contributed by atoms with Crippen molar-refractivity contribution in [2.24, 2.45) is 5.41 Å². The summed E-state index contributed by atoms with van der Waals surface area (Å²) in [6.45, 7) is 5.08. The Morgan fingerprint density at radius 2 is 2.00 bits per heavy atom. The van der Waals surface area contributed by atoms with E-state index in [-0.39, 0.29) is 24.5 Å². The van der Waals surface area contributed by atoms with E-state index in [4.69, 9.17) is 0 Å². The number of esters is 1. The molecular weight excluding hydrogens is 182 g/mol. The van der Waals surface area contributed by atoms with Crippen LogP contribution in [-0.4, -0.2) is 37.9 Å². The van der Waals surface area contributed by atoms with Gasteiger partial charge >= 0.3 is 5.97 Å². The smallest absolute Gasteiger partial charge is 0.319 e. The molecule has 0 unspecified atom stereocenters. The van der Waals surface area contributed by atoms with Crippen LogP contribution in [0.15, 0.2) is 0 Å². The Morgan fingerprint density at radius 1 is 1.43 bits per heavy atom. The largest absolute Gasteiger partial charge is 0.468 e. The summed E-state index contributed by atoms with van der Waals surface area (Å²) >= 11 is 0. The lowest BCUT2D eigenvalue weighted by molar-refractivity contribution is -0.139. The van der Waals surface area contributed by atoms with Gasteiger partial charge in [0.2, 0.25) is 0 Å². The van der Waals surface area contributed by atoms with E-state index in [0.29, 0.717) is 6.54 Å². The minimum Gasteiger partial charge on any atom is -0.468 e. The number of carbonyl (C=O) groups is 1. The van der Waals surface area contributed by atoms with E-state index < -0.39 is 0 Å². The molecule has 0 aromatic rings. The summed E-state index contributed by atoms with van der Waals surface area (Å²) in [4.78, 5) is 10.8. The van der Waals surface area contributed by atoms with Gasteiger partial charge in [0, 0.05) is 18.6 Å². The van der Waals surface area contributed by atoms with E-state index in [1.54, 1.807) is 0 Å². The molecule has 0 aliphatic rings. The summed E-state index contributed by atoms with van der Waals surface area (Å²) in [5.74, 6) is -0.274. The van der Waals surface area contributed by atoms with Gasteiger partial charge in [-0.15, -0.1) is 0 Å². The summed E-state index contributed by atoms with van der Waals surface area (Å²) in [6.07, 6.45) is 1.79. The molecule has 0 saturated carbocycles. The van der Waals surface area contributed by atoms with Crippen molar-refractivity contribution in [1.29, 1.82) is 0 Å². The van der Waals surface area contributed by atoms with Crippen LogP contribution in [0.25, 0.3) is 0 Å². The molecule has 2 N–H and O–H groups in total. The molecule has 84 valence electrons. The summed E-state index contributed by atoms with van der Waals surface area (Å²) in [6, 6.07) is 0. The molecule has 0 fully saturated rings. The molecule has 0 aromatic carbocycles. The molecule has 0 aliphatic carbocycles. The summed E-state index contributed by atoms with van der Waals surface area (Å²) < 4.78 is 4.50. The van der Waals surface area contributed by atoms with Gasteiger partial charge in [-0.25, -0.2) is 0 Å². The molecule has 4 nitrogen and oxygen atoms in total. The first kappa shape index (κ1) is 13.4. The fourth-order valence-corrected chi connectivity index (χ4v) is 1.28. The number of aliphatic hydroxyl groups excluding tert-OH is 1. The van der Waals surface area contributed by atoms with Crippen LogP contribution in [0.5, 0.6) is 0 Å². The van der Waals surface area contributed by atoms with E-state index in [1.165, 1.54) is 7.11 Å². The number of methoxy groups -OCH3 is 1. The second-order valence-electron chi connectivity index (χ2n) is 3.54. The zero-order chi connectivity index (χ0) is 11.0. The Bertz CT molecular complexity index is 158. The third-order valence-electron chi connectivity index (χ3n) is 2.83. The number of carbonyl (C=O) groups excluding carboxylic acids is 1. The van der Waals surface area contributed by atoms with Crippen molar-refractivity contribution in [3.63, 3.8) is 0 Å². The second kappa shape index (κ2) is 6.79. The Kier molecular flexibility index (Phi) is 6.49. The highest BCUT2D eigenvalue weighted by atomic mass is 16.5. The van der Waals surface area contributed by atoms with E-state index in [0.717, 1.165) is 12.8 Å². The molecular formula is C10H21NO3. The highest BCUT2D eigenvalue weighted by molar-refractivity contribution is 5.71. The minimum absolute atomic E-state index is 0.103. The fraction of sp³-hybridized carbons (Fsp3) is 0.900. The Hall–Kier alpha value is -0.610. The summed E-state index contributed by atoms with van der Waals surface area (Å²) in [5.41, 5.74) is -0.103. The zero-order valence-electron chi connectivity index (χ0n) is 9.30. The van der Waals surface area contributed by atoms with E-state index in [9.17, 15) is 9.90 Å². The number of ether oxygens (including phenoxy) is 1. The van der Waals surface area contributed by atoms with Crippen LogP contribution >= 0.6 is 0 Å². The molecule has 0 bridgehead atoms. The predicted octanol–water partition coefficient (Wildman–Crippen LogP) is 0.548. The highest BCUT2D eigenvalue weighted by Gasteiger charge is 2.24. The Morgan fingerprint density at radius 3 is 2.36 bits per heavy atom. The Labute approximate surface area is 85.6 Å². The van der Waals surface area contributed by atoms with Crippen molar-refractivity contribution in [1.82, 2.24) is 5.32 Å². The van der Waals surface area contributed by atoms with Crippen molar-refractivity contribution >= 4 is 5.97 Å². The Balaban J connectivity index is 3.88. The summed E-state index contributed by atoms with van der Waals surface area (Å²) in [7, 11) is 1.36. The third-order valence-corrected chi connectivity index (χ3v) is 2.83. The van der Waals surface area contributed by atoms with Crippen LogP contribution in [0.3, 0.4) is 0 Å². The van der Waals surface area contributed by atoms with E-state index in [2.05, 4.69) is 10.1 Å². The van der Waals surface area contributed by atoms with E-state index in [1.807, 2.05) is 13.8 Å². The van der Waals surface area contributed by atoms with Gasteiger partial charge in [-0.2, -0.15) is 0 Å². The second-order valence-corrected chi connectivity index (χ2v) is 3.54. The maximum Gasteiger partial charge on any atom is 0.319 e. The van der Waals surface area contributed by atoms with Crippen molar-refractivity contribution in [3.8, 4) is 0 Å². The predicted molar refractivity (Wildman–Crippen MR) is 55.0 cm³/mol. The van der Waals surface area contributed by atoms with E-state index >= 15 is 0 Å². The fourth-order valence-electron chi connectivity index (χ4n) is 1.28. The molecule has 4 heteroatoms. The number of hydrogen-bond donors (Lipinski definition) is 2. The van der Waals surface area contributed by atoms with Gasteiger partial charge < -0.3 is 15.2 Å². The van der Waals surface area contributed by atoms with Crippen LogP contribution in [0.2, 0.25) is 0 Å². The lowest BCUT2D eigenvalue weighted by Gasteiger charge is -2.29. The highest BCUT2D eigenvalue weighted by Crippen LogP contribution is 2.24. The first-order valence-electron chi connectivity index (χ1n) is 5.02. The first-order valence-corrected chi connectivity index (χ1v) is 5.02. The summed E-state index contributed by atoms with van der Waals surface area (Å²) in [5, 5.41) is 12.2. The molecule has 0 aliphatic heterocycles. The van der Waals surface area contributed by atoms with Crippen LogP contribution in [0, 0.1) is 5.41 Å². The average Bonchev–Trinajstić information content (AvgIpc) is 2.25. The monoisotopic (exact) mass is 203 g/mol. The van der Waals surface area contributed by atoms with Gasteiger partial charge in [-0.05, 0) is 12.8 Å². The van der Waals surface area contributed by atoms with Gasteiger partial charge in [0.1, 0.15) is 0 Å². The quantitative estimate of drug-likeness (QED) is 0.593. The standard InChI is InChI=1S/C10H21NO3/c1-4-10(5-2,8-12)7-11-6-9(13)14-3/h11-12H,4-8H2,1-3H3. The van der Waals surface area contributed by atoms with Crippen molar-refractivity contribution in [3.05, 3.63) is 0 Å². The van der Waals surface area contributed by atoms with Gasteiger partial charge in [0.25, 0.3) is 0 Å². The van der Waals surface area contributed by atoms with Crippen molar-refractivity contribution in [2.45, 2.75) is 26.7 Å². The van der Waals surface area contributed by atoms with Crippen LogP contribution in [0.4, 0.5) is 0 Å². The minimum atomic E-state index is -0.274. The first-order chi connectivity index (χ1) is 6.64. The molecule has 0 amide bonds. The van der Waals surface area contributed by atoms with Crippen LogP contribution in [-0.2, 0) is 9.53 Å². The van der Waals surface area contributed by atoms with Crippen LogP contribution < -0.4 is 5.32 Å². The molecule has 0 atom stereocenters.